The monoisotopic (exact) mass is 379 g/mol. The van der Waals surface area contributed by atoms with Gasteiger partial charge in [-0.15, -0.1) is 11.3 Å². The zero-order chi connectivity index (χ0) is 17.8. The average molecular weight is 380 g/mol. The first kappa shape index (κ1) is 17.8. The van der Waals surface area contributed by atoms with Crippen LogP contribution in [0.2, 0.25) is 0 Å². The van der Waals surface area contributed by atoms with E-state index in [2.05, 4.69) is 21.5 Å². The van der Waals surface area contributed by atoms with Crippen LogP contribution in [0.4, 0.5) is 4.79 Å². The number of hydrogen-bond donors (Lipinski definition) is 2. The number of imidazole rings is 1. The van der Waals surface area contributed by atoms with Crippen molar-refractivity contribution in [3.05, 3.63) is 39.3 Å². The molecule has 134 valence electrons. The van der Waals surface area contributed by atoms with Crippen LogP contribution in [0.1, 0.15) is 34.8 Å². The summed E-state index contributed by atoms with van der Waals surface area (Å²) in [7, 11) is 0. The molecule has 0 radical (unpaired) electrons. The molecule has 0 aliphatic rings. The highest BCUT2D eigenvalue weighted by Crippen LogP contribution is 2.19. The standard InChI is InChI=1S/C16H21N5O2S2/c1-11-4-5-13(25-11)8-20(6-3-7-22)15(23)18-12(2)14-9-21-16(19-14)24-10-17-21/h4-5,9-10,12,22H,3,6-8H2,1-2H3,(H,18,23). The summed E-state index contributed by atoms with van der Waals surface area (Å²) in [5.41, 5.74) is 2.51. The Balaban J connectivity index is 1.66. The minimum absolute atomic E-state index is 0.0613. The quantitative estimate of drug-likeness (QED) is 0.661. The fourth-order valence-electron chi connectivity index (χ4n) is 2.49. The van der Waals surface area contributed by atoms with Crippen LogP contribution >= 0.6 is 22.7 Å². The van der Waals surface area contributed by atoms with Crippen LogP contribution < -0.4 is 5.32 Å². The maximum absolute atomic E-state index is 12.7. The number of nitrogens with one attached hydrogen (secondary N) is 1. The molecule has 3 aromatic rings. The van der Waals surface area contributed by atoms with Crippen LogP contribution in [0.25, 0.3) is 4.96 Å². The highest BCUT2D eigenvalue weighted by Gasteiger charge is 2.19. The molecule has 0 bridgehead atoms. The zero-order valence-electron chi connectivity index (χ0n) is 14.2. The minimum Gasteiger partial charge on any atom is -0.396 e. The summed E-state index contributed by atoms with van der Waals surface area (Å²) in [5.74, 6) is 0. The Labute approximate surface area is 153 Å². The number of fused-ring (bicyclic) bond motifs is 1. The van der Waals surface area contributed by atoms with Crippen molar-refractivity contribution in [2.45, 2.75) is 32.9 Å². The van der Waals surface area contributed by atoms with Gasteiger partial charge in [0.1, 0.15) is 5.51 Å². The number of thiophene rings is 1. The summed E-state index contributed by atoms with van der Waals surface area (Å²) >= 11 is 3.14. The first-order chi connectivity index (χ1) is 12.1. The lowest BCUT2D eigenvalue weighted by Gasteiger charge is -2.24. The molecule has 0 aromatic carbocycles. The minimum atomic E-state index is -0.219. The van der Waals surface area contributed by atoms with E-state index in [-0.39, 0.29) is 18.7 Å². The SMILES string of the molecule is Cc1ccc(CN(CCCO)C(=O)NC(C)c2cn3ncsc3n2)s1. The number of amides is 2. The summed E-state index contributed by atoms with van der Waals surface area (Å²) in [5, 5.41) is 16.3. The lowest BCUT2D eigenvalue weighted by molar-refractivity contribution is 0.184. The van der Waals surface area contributed by atoms with E-state index in [0.717, 1.165) is 15.5 Å². The average Bonchev–Trinajstić information content (AvgIpc) is 3.26. The van der Waals surface area contributed by atoms with Crippen LogP contribution in [0.3, 0.4) is 0 Å². The van der Waals surface area contributed by atoms with Crippen LogP contribution in [-0.4, -0.2) is 43.8 Å². The van der Waals surface area contributed by atoms with Crippen LogP contribution in [0.15, 0.2) is 23.8 Å². The number of hydrogen-bond acceptors (Lipinski definition) is 6. The van der Waals surface area contributed by atoms with E-state index in [0.29, 0.717) is 19.5 Å². The fourth-order valence-corrected chi connectivity index (χ4v) is 4.00. The van der Waals surface area contributed by atoms with Crippen molar-refractivity contribution in [1.82, 2.24) is 24.8 Å². The maximum Gasteiger partial charge on any atom is 0.318 e. The topological polar surface area (TPSA) is 82.8 Å². The number of carbonyl (C=O) groups is 1. The van der Waals surface area contributed by atoms with Gasteiger partial charge in [0.2, 0.25) is 4.96 Å². The van der Waals surface area contributed by atoms with E-state index in [1.54, 1.807) is 26.3 Å². The largest absolute Gasteiger partial charge is 0.396 e. The number of aryl methyl sites for hydroxylation is 1. The van der Waals surface area contributed by atoms with Gasteiger partial charge < -0.3 is 15.3 Å². The predicted molar refractivity (Wildman–Crippen MR) is 99.0 cm³/mol. The Morgan fingerprint density at radius 3 is 3.00 bits per heavy atom. The van der Waals surface area contributed by atoms with Crippen molar-refractivity contribution < 1.29 is 9.90 Å². The molecule has 9 heteroatoms. The number of aliphatic hydroxyl groups is 1. The second kappa shape index (κ2) is 7.94. The van der Waals surface area contributed by atoms with Crippen molar-refractivity contribution in [3.8, 4) is 0 Å². The molecule has 7 nitrogen and oxygen atoms in total. The molecule has 0 saturated heterocycles. The van der Waals surface area contributed by atoms with Crippen molar-refractivity contribution in [2.24, 2.45) is 0 Å². The Kier molecular flexibility index (Phi) is 5.67. The van der Waals surface area contributed by atoms with Crippen LogP contribution in [0.5, 0.6) is 0 Å². The molecule has 0 saturated carbocycles. The second-order valence-electron chi connectivity index (χ2n) is 5.81. The van der Waals surface area contributed by atoms with E-state index in [1.807, 2.05) is 26.1 Å². The molecule has 0 aliphatic heterocycles. The third kappa shape index (κ3) is 4.36. The molecule has 2 N–H and O–H groups in total. The second-order valence-corrected chi connectivity index (χ2v) is 8.00. The molecule has 1 unspecified atom stereocenters. The summed E-state index contributed by atoms with van der Waals surface area (Å²) in [6.07, 6.45) is 2.38. The predicted octanol–water partition coefficient (Wildman–Crippen LogP) is 2.82. The normalized spacial score (nSPS) is 12.4. The van der Waals surface area contributed by atoms with Crippen LogP contribution in [0, 0.1) is 6.92 Å². The van der Waals surface area contributed by atoms with Gasteiger partial charge in [-0.1, -0.05) is 11.3 Å². The van der Waals surface area contributed by atoms with Crippen molar-refractivity contribution >= 4 is 33.7 Å². The Bertz CT molecular complexity index is 812. The van der Waals surface area contributed by atoms with Gasteiger partial charge in [0.05, 0.1) is 24.5 Å². The number of aliphatic hydroxyl groups excluding tert-OH is 1. The van der Waals surface area contributed by atoms with E-state index in [9.17, 15) is 4.79 Å². The van der Waals surface area contributed by atoms with Crippen molar-refractivity contribution in [3.63, 3.8) is 0 Å². The summed E-state index contributed by atoms with van der Waals surface area (Å²) < 4.78 is 1.71. The van der Waals surface area contributed by atoms with Crippen molar-refractivity contribution in [1.29, 1.82) is 0 Å². The third-order valence-corrected chi connectivity index (χ3v) is 5.48. The molecule has 1 atom stereocenters. The lowest BCUT2D eigenvalue weighted by atomic mass is 10.2. The molecule has 25 heavy (non-hydrogen) atoms. The number of aromatic nitrogens is 3. The van der Waals surface area contributed by atoms with E-state index >= 15 is 0 Å². The van der Waals surface area contributed by atoms with Crippen molar-refractivity contribution in [2.75, 3.05) is 13.2 Å². The molecule has 0 fully saturated rings. The maximum atomic E-state index is 12.7. The van der Waals surface area contributed by atoms with Gasteiger partial charge in [-0.3, -0.25) is 0 Å². The van der Waals surface area contributed by atoms with E-state index in [1.165, 1.54) is 16.2 Å². The van der Waals surface area contributed by atoms with E-state index in [4.69, 9.17) is 5.11 Å². The van der Waals surface area contributed by atoms with Gasteiger partial charge in [-0.05, 0) is 32.4 Å². The van der Waals surface area contributed by atoms with Gasteiger partial charge in [-0.2, -0.15) is 5.10 Å². The molecule has 2 amide bonds. The molecule has 0 aliphatic carbocycles. The van der Waals surface area contributed by atoms with Gasteiger partial charge in [0.25, 0.3) is 0 Å². The number of rotatable bonds is 7. The van der Waals surface area contributed by atoms with Gasteiger partial charge >= 0.3 is 6.03 Å². The highest BCUT2D eigenvalue weighted by molar-refractivity contribution is 7.14. The molecular formula is C16H21N5O2S2. The van der Waals surface area contributed by atoms with Gasteiger partial charge in [-0.25, -0.2) is 14.3 Å². The molecular weight excluding hydrogens is 358 g/mol. The Morgan fingerprint density at radius 2 is 2.32 bits per heavy atom. The first-order valence-electron chi connectivity index (χ1n) is 8.07. The Hall–Kier alpha value is -1.97. The van der Waals surface area contributed by atoms with Gasteiger partial charge in [0, 0.05) is 22.9 Å². The molecule has 3 heterocycles. The zero-order valence-corrected chi connectivity index (χ0v) is 15.8. The highest BCUT2D eigenvalue weighted by atomic mass is 32.1. The summed E-state index contributed by atoms with van der Waals surface area (Å²) in [6.45, 7) is 5.06. The molecule has 0 spiro atoms. The van der Waals surface area contributed by atoms with Gasteiger partial charge in [0.15, 0.2) is 0 Å². The smallest absolute Gasteiger partial charge is 0.318 e. The van der Waals surface area contributed by atoms with E-state index < -0.39 is 0 Å². The number of carbonyl (C=O) groups excluding carboxylic acids is 1. The number of urea groups is 1. The summed E-state index contributed by atoms with van der Waals surface area (Å²) in [6, 6.07) is 3.72. The fraction of sp³-hybridized carbons (Fsp3) is 0.438. The lowest BCUT2D eigenvalue weighted by Crippen LogP contribution is -2.41. The third-order valence-electron chi connectivity index (χ3n) is 3.80. The molecule has 3 rings (SSSR count). The number of nitrogens with zero attached hydrogens (tertiary/aromatic N) is 4. The summed E-state index contributed by atoms with van der Waals surface area (Å²) in [4.78, 5) is 22.1. The van der Waals surface area contributed by atoms with Crippen LogP contribution in [-0.2, 0) is 6.54 Å². The Morgan fingerprint density at radius 1 is 1.48 bits per heavy atom. The molecule has 3 aromatic heterocycles. The first-order valence-corrected chi connectivity index (χ1v) is 9.77.